The second kappa shape index (κ2) is 5.50. The molecule has 0 aliphatic carbocycles. The van der Waals surface area contributed by atoms with E-state index in [-0.39, 0.29) is 6.10 Å². The van der Waals surface area contributed by atoms with Crippen LogP contribution in [0.5, 0.6) is 0 Å². The summed E-state index contributed by atoms with van der Waals surface area (Å²) in [5, 5.41) is 0. The summed E-state index contributed by atoms with van der Waals surface area (Å²) in [7, 11) is 0. The van der Waals surface area contributed by atoms with Crippen LogP contribution in [0, 0.1) is 13.8 Å². The van der Waals surface area contributed by atoms with E-state index in [1.54, 1.807) is 12.5 Å². The van der Waals surface area contributed by atoms with E-state index in [2.05, 4.69) is 24.8 Å². The van der Waals surface area contributed by atoms with Gasteiger partial charge in [0.25, 0.3) is 0 Å². The van der Waals surface area contributed by atoms with Crippen molar-refractivity contribution in [2.45, 2.75) is 20.0 Å². The van der Waals surface area contributed by atoms with Crippen LogP contribution in [0.15, 0.2) is 24.7 Å². The van der Waals surface area contributed by atoms with Crippen molar-refractivity contribution in [2.24, 2.45) is 0 Å². The van der Waals surface area contributed by atoms with E-state index in [1.165, 1.54) is 0 Å². The van der Waals surface area contributed by atoms with E-state index in [4.69, 9.17) is 4.74 Å². The van der Waals surface area contributed by atoms with E-state index in [0.29, 0.717) is 6.61 Å². The third kappa shape index (κ3) is 2.75. The summed E-state index contributed by atoms with van der Waals surface area (Å²) < 4.78 is 5.85. The van der Waals surface area contributed by atoms with Crippen molar-refractivity contribution < 1.29 is 4.74 Å². The van der Waals surface area contributed by atoms with Gasteiger partial charge < -0.3 is 9.64 Å². The molecule has 20 heavy (non-hydrogen) atoms. The Labute approximate surface area is 117 Å². The molecule has 104 valence electrons. The molecule has 0 radical (unpaired) electrons. The molecule has 2 aromatic rings. The number of nitrogens with zero attached hydrogens (tertiary/aromatic N) is 5. The van der Waals surface area contributed by atoms with E-state index in [1.807, 2.05) is 26.0 Å². The zero-order valence-electron chi connectivity index (χ0n) is 11.7. The summed E-state index contributed by atoms with van der Waals surface area (Å²) in [4.78, 5) is 19.2. The monoisotopic (exact) mass is 271 g/mol. The highest BCUT2D eigenvalue weighted by Crippen LogP contribution is 2.23. The Morgan fingerprint density at radius 1 is 1.30 bits per heavy atom. The van der Waals surface area contributed by atoms with Crippen LogP contribution in [0.2, 0.25) is 0 Å². The summed E-state index contributed by atoms with van der Waals surface area (Å²) in [6.45, 7) is 6.12. The fourth-order valence-corrected chi connectivity index (χ4v) is 2.42. The van der Waals surface area contributed by atoms with Crippen molar-refractivity contribution in [3.05, 3.63) is 41.9 Å². The standard InChI is InChI=1S/C14H17N5O/c1-10-7-12(18-11(2)17-10)13-8-19(5-6-20-13)14-3-4-15-9-16-14/h3-4,7,9,13H,5-6,8H2,1-2H3. The molecule has 0 aromatic carbocycles. The predicted octanol–water partition coefficient (Wildman–Crippen LogP) is 1.46. The van der Waals surface area contributed by atoms with Crippen LogP contribution in [0.25, 0.3) is 0 Å². The number of ether oxygens (including phenoxy) is 1. The van der Waals surface area contributed by atoms with Crippen LogP contribution in [-0.4, -0.2) is 39.6 Å². The molecule has 0 saturated carbocycles. The number of hydrogen-bond donors (Lipinski definition) is 0. The van der Waals surface area contributed by atoms with Crippen LogP contribution in [0.4, 0.5) is 5.82 Å². The van der Waals surface area contributed by atoms with Crippen molar-refractivity contribution in [2.75, 3.05) is 24.6 Å². The van der Waals surface area contributed by atoms with Gasteiger partial charge in [0.1, 0.15) is 24.1 Å². The number of rotatable bonds is 2. The largest absolute Gasteiger partial charge is 0.368 e. The molecule has 1 aliphatic rings. The van der Waals surface area contributed by atoms with Crippen molar-refractivity contribution in [3.63, 3.8) is 0 Å². The molecule has 0 spiro atoms. The van der Waals surface area contributed by atoms with Gasteiger partial charge in [-0.2, -0.15) is 0 Å². The van der Waals surface area contributed by atoms with Gasteiger partial charge in [0.15, 0.2) is 0 Å². The van der Waals surface area contributed by atoms with E-state index in [0.717, 1.165) is 36.1 Å². The van der Waals surface area contributed by atoms with Gasteiger partial charge in [0, 0.05) is 18.4 Å². The lowest BCUT2D eigenvalue weighted by Crippen LogP contribution is -2.39. The first-order valence-corrected chi connectivity index (χ1v) is 6.67. The van der Waals surface area contributed by atoms with Gasteiger partial charge in [-0.25, -0.2) is 19.9 Å². The topological polar surface area (TPSA) is 64.0 Å². The quantitative estimate of drug-likeness (QED) is 0.824. The zero-order chi connectivity index (χ0) is 13.9. The molecular weight excluding hydrogens is 254 g/mol. The van der Waals surface area contributed by atoms with Gasteiger partial charge in [-0.3, -0.25) is 0 Å². The fraction of sp³-hybridized carbons (Fsp3) is 0.429. The maximum atomic E-state index is 5.85. The van der Waals surface area contributed by atoms with Crippen LogP contribution in [-0.2, 0) is 4.74 Å². The first-order valence-electron chi connectivity index (χ1n) is 6.67. The lowest BCUT2D eigenvalue weighted by Gasteiger charge is -2.33. The number of anilines is 1. The van der Waals surface area contributed by atoms with E-state index >= 15 is 0 Å². The zero-order valence-corrected chi connectivity index (χ0v) is 11.7. The van der Waals surface area contributed by atoms with Crippen LogP contribution < -0.4 is 4.90 Å². The Morgan fingerprint density at radius 3 is 2.95 bits per heavy atom. The summed E-state index contributed by atoms with van der Waals surface area (Å²) in [6, 6.07) is 3.90. The van der Waals surface area contributed by atoms with Gasteiger partial charge in [-0.1, -0.05) is 0 Å². The number of aryl methyl sites for hydroxylation is 2. The predicted molar refractivity (Wildman–Crippen MR) is 74.4 cm³/mol. The molecule has 0 amide bonds. The molecule has 0 N–H and O–H groups in total. The molecule has 1 aliphatic heterocycles. The third-order valence-corrected chi connectivity index (χ3v) is 3.27. The number of hydrogen-bond acceptors (Lipinski definition) is 6. The summed E-state index contributed by atoms with van der Waals surface area (Å²) in [5.41, 5.74) is 1.91. The Bertz CT molecular complexity index is 569. The molecule has 1 saturated heterocycles. The Balaban J connectivity index is 1.81. The fourth-order valence-electron chi connectivity index (χ4n) is 2.42. The average Bonchev–Trinajstić information content (AvgIpc) is 2.47. The van der Waals surface area contributed by atoms with Gasteiger partial charge in [0.2, 0.25) is 0 Å². The Morgan fingerprint density at radius 2 is 2.20 bits per heavy atom. The average molecular weight is 271 g/mol. The van der Waals surface area contributed by atoms with Crippen molar-refractivity contribution >= 4 is 5.82 Å². The molecule has 6 heteroatoms. The van der Waals surface area contributed by atoms with Gasteiger partial charge in [0.05, 0.1) is 18.8 Å². The van der Waals surface area contributed by atoms with Crippen molar-refractivity contribution in [3.8, 4) is 0 Å². The molecule has 1 atom stereocenters. The first kappa shape index (κ1) is 12.9. The molecule has 3 heterocycles. The van der Waals surface area contributed by atoms with Crippen molar-refractivity contribution in [1.82, 2.24) is 19.9 Å². The van der Waals surface area contributed by atoms with Crippen LogP contribution in [0.1, 0.15) is 23.3 Å². The molecule has 1 fully saturated rings. The Kier molecular flexibility index (Phi) is 3.56. The minimum absolute atomic E-state index is 0.0425. The molecule has 3 rings (SSSR count). The van der Waals surface area contributed by atoms with Crippen LogP contribution in [0.3, 0.4) is 0 Å². The van der Waals surface area contributed by atoms with Gasteiger partial charge >= 0.3 is 0 Å². The summed E-state index contributed by atoms with van der Waals surface area (Å²) in [6.07, 6.45) is 3.28. The molecular formula is C14H17N5O. The minimum atomic E-state index is -0.0425. The number of morpholine rings is 1. The normalized spacial score (nSPS) is 19.1. The van der Waals surface area contributed by atoms with E-state index < -0.39 is 0 Å². The SMILES string of the molecule is Cc1cc(C2CN(c3ccncn3)CCO2)nc(C)n1. The maximum Gasteiger partial charge on any atom is 0.132 e. The highest BCUT2D eigenvalue weighted by Gasteiger charge is 2.24. The lowest BCUT2D eigenvalue weighted by atomic mass is 10.1. The molecule has 6 nitrogen and oxygen atoms in total. The van der Waals surface area contributed by atoms with Crippen LogP contribution >= 0.6 is 0 Å². The molecule has 2 aromatic heterocycles. The lowest BCUT2D eigenvalue weighted by molar-refractivity contribution is 0.0365. The molecule has 0 bridgehead atoms. The second-order valence-corrected chi connectivity index (χ2v) is 4.85. The highest BCUT2D eigenvalue weighted by molar-refractivity contribution is 5.37. The Hall–Kier alpha value is -2.08. The minimum Gasteiger partial charge on any atom is -0.368 e. The van der Waals surface area contributed by atoms with E-state index in [9.17, 15) is 0 Å². The smallest absolute Gasteiger partial charge is 0.132 e. The highest BCUT2D eigenvalue weighted by atomic mass is 16.5. The summed E-state index contributed by atoms with van der Waals surface area (Å²) >= 11 is 0. The first-order chi connectivity index (χ1) is 9.72. The maximum absolute atomic E-state index is 5.85. The number of aromatic nitrogens is 4. The second-order valence-electron chi connectivity index (χ2n) is 4.85. The molecule has 1 unspecified atom stereocenters. The van der Waals surface area contributed by atoms with Gasteiger partial charge in [-0.15, -0.1) is 0 Å². The third-order valence-electron chi connectivity index (χ3n) is 3.27. The van der Waals surface area contributed by atoms with Gasteiger partial charge in [-0.05, 0) is 26.0 Å². The van der Waals surface area contributed by atoms with Crippen molar-refractivity contribution in [1.29, 1.82) is 0 Å². The summed E-state index contributed by atoms with van der Waals surface area (Å²) in [5.74, 6) is 1.71.